The molecule has 3 heteroatoms. The lowest BCUT2D eigenvalue weighted by molar-refractivity contribution is -0.107. The molecule has 0 saturated heterocycles. The highest BCUT2D eigenvalue weighted by Crippen LogP contribution is 2.07. The summed E-state index contributed by atoms with van der Waals surface area (Å²) in [6, 6.07) is 0. The Labute approximate surface area is 51.8 Å². The molecular formula is C5H8O2S. The van der Waals surface area contributed by atoms with Gasteiger partial charge in [0.1, 0.15) is 6.29 Å². The highest BCUT2D eigenvalue weighted by molar-refractivity contribution is 7.98. The Hall–Kier alpha value is -0.150. The summed E-state index contributed by atoms with van der Waals surface area (Å²) in [7, 11) is 0. The van der Waals surface area contributed by atoms with Crippen molar-refractivity contribution in [1.29, 1.82) is 0 Å². The van der Waals surface area contributed by atoms with E-state index in [0.717, 1.165) is 24.1 Å². The van der Waals surface area contributed by atoms with Crippen molar-refractivity contribution in [2.75, 3.05) is 6.61 Å². The molecule has 1 heterocycles. The first-order valence-electron chi connectivity index (χ1n) is 2.52. The Kier molecular flexibility index (Phi) is 2.24. The summed E-state index contributed by atoms with van der Waals surface area (Å²) in [5, 5.41) is 0.198. The fourth-order valence-corrected chi connectivity index (χ4v) is 1.21. The lowest BCUT2D eigenvalue weighted by atomic mass is 10.3. The normalized spacial score (nSPS) is 28.8. The molecule has 1 atom stereocenters. The van der Waals surface area contributed by atoms with Gasteiger partial charge in [0.15, 0.2) is 0 Å². The molecule has 46 valence electrons. The largest absolute Gasteiger partial charge is 0.348 e. The average molecular weight is 132 g/mol. The van der Waals surface area contributed by atoms with Crippen LogP contribution >= 0.6 is 11.4 Å². The Bertz CT molecular complexity index is 111. The standard InChI is InChI=1S/C5H8O2S/c6-3-5-1-2-7-4-8-5/h3-5,8H,1-2H2. The van der Waals surface area contributed by atoms with Crippen LogP contribution < -0.4 is 0 Å². The van der Waals surface area contributed by atoms with Crippen LogP contribution in [0.1, 0.15) is 6.42 Å². The molecule has 0 aromatic carbocycles. The van der Waals surface area contributed by atoms with Crippen molar-refractivity contribution in [3.05, 3.63) is 0 Å². The molecule has 0 saturated carbocycles. The van der Waals surface area contributed by atoms with Gasteiger partial charge in [-0.05, 0) is 6.42 Å². The Balaban J connectivity index is 2.42. The minimum Gasteiger partial charge on any atom is -0.348 e. The second-order valence-corrected chi connectivity index (χ2v) is 2.79. The van der Waals surface area contributed by atoms with Crippen molar-refractivity contribution in [2.45, 2.75) is 11.7 Å². The zero-order valence-electron chi connectivity index (χ0n) is 4.41. The maximum absolute atomic E-state index is 10.1. The topological polar surface area (TPSA) is 26.3 Å². The minimum atomic E-state index is 0.198. The molecule has 1 aliphatic heterocycles. The number of rotatable bonds is 1. The van der Waals surface area contributed by atoms with E-state index in [-0.39, 0.29) is 5.25 Å². The van der Waals surface area contributed by atoms with Crippen molar-refractivity contribution in [1.82, 2.24) is 0 Å². The minimum absolute atomic E-state index is 0.198. The van der Waals surface area contributed by atoms with E-state index in [1.54, 1.807) is 5.55 Å². The number of carbonyl (C=O) groups excluding carboxylic acids is 1. The van der Waals surface area contributed by atoms with Crippen LogP contribution in [0.15, 0.2) is 0 Å². The van der Waals surface area contributed by atoms with E-state index in [4.69, 9.17) is 4.74 Å². The first-order valence-corrected chi connectivity index (χ1v) is 3.55. The van der Waals surface area contributed by atoms with Gasteiger partial charge in [-0.1, -0.05) is 0 Å². The molecule has 2 nitrogen and oxygen atoms in total. The smallest absolute Gasteiger partial charge is 0.132 e. The summed E-state index contributed by atoms with van der Waals surface area (Å²) in [5.74, 6) is 0. The molecular weight excluding hydrogens is 124 g/mol. The molecule has 0 aliphatic carbocycles. The fourth-order valence-electron chi connectivity index (χ4n) is 0.540. The molecule has 0 aromatic rings. The van der Waals surface area contributed by atoms with Gasteiger partial charge in [-0.3, -0.25) is 0 Å². The molecule has 1 unspecified atom stereocenters. The van der Waals surface area contributed by atoms with Crippen LogP contribution in [0, 0.1) is 0 Å². The summed E-state index contributed by atoms with van der Waals surface area (Å²) in [5.41, 5.74) is 1.68. The monoisotopic (exact) mass is 132 g/mol. The van der Waals surface area contributed by atoms with Crippen molar-refractivity contribution in [2.24, 2.45) is 0 Å². The molecule has 1 rings (SSSR count). The Morgan fingerprint density at radius 1 is 1.88 bits per heavy atom. The van der Waals surface area contributed by atoms with E-state index in [9.17, 15) is 4.79 Å². The van der Waals surface area contributed by atoms with Crippen molar-refractivity contribution >= 4 is 23.2 Å². The van der Waals surface area contributed by atoms with Gasteiger partial charge in [0.2, 0.25) is 0 Å². The highest BCUT2D eigenvalue weighted by atomic mass is 32.1. The van der Waals surface area contributed by atoms with E-state index >= 15 is 0 Å². The van der Waals surface area contributed by atoms with Crippen LogP contribution in [0.25, 0.3) is 0 Å². The van der Waals surface area contributed by atoms with Gasteiger partial charge in [-0.25, -0.2) is 0 Å². The van der Waals surface area contributed by atoms with Crippen LogP contribution in [-0.4, -0.2) is 23.7 Å². The summed E-state index contributed by atoms with van der Waals surface area (Å²) >= 11 is 1.01. The van der Waals surface area contributed by atoms with Gasteiger partial charge in [0.05, 0.1) is 17.4 Å². The third kappa shape index (κ3) is 1.42. The number of hydrogen-bond acceptors (Lipinski definition) is 2. The summed E-state index contributed by atoms with van der Waals surface area (Å²) in [4.78, 5) is 10.1. The van der Waals surface area contributed by atoms with Crippen LogP contribution in [0.4, 0.5) is 0 Å². The van der Waals surface area contributed by atoms with Gasteiger partial charge in [-0.15, -0.1) is 0 Å². The summed E-state index contributed by atoms with van der Waals surface area (Å²) in [6.45, 7) is 0.705. The van der Waals surface area contributed by atoms with Crippen LogP contribution in [0.2, 0.25) is 0 Å². The zero-order chi connectivity index (χ0) is 5.82. The van der Waals surface area contributed by atoms with Crippen molar-refractivity contribution < 1.29 is 9.53 Å². The SMILES string of the molecule is O=CC1CCOC=[SH]1. The second kappa shape index (κ2) is 2.99. The van der Waals surface area contributed by atoms with Gasteiger partial charge in [-0.2, -0.15) is 11.4 Å². The third-order valence-electron chi connectivity index (χ3n) is 1.02. The van der Waals surface area contributed by atoms with Crippen molar-refractivity contribution in [3.8, 4) is 0 Å². The number of ether oxygens (including phenoxy) is 1. The van der Waals surface area contributed by atoms with Crippen LogP contribution in [0.5, 0.6) is 0 Å². The molecule has 0 radical (unpaired) electrons. The molecule has 0 N–H and O–H groups in total. The number of carbonyl (C=O) groups is 1. The van der Waals surface area contributed by atoms with E-state index in [1.165, 1.54) is 0 Å². The van der Waals surface area contributed by atoms with E-state index in [2.05, 4.69) is 0 Å². The van der Waals surface area contributed by atoms with Crippen LogP contribution in [-0.2, 0) is 9.53 Å². The first kappa shape index (κ1) is 5.98. The molecule has 1 aliphatic rings. The molecule has 8 heavy (non-hydrogen) atoms. The highest BCUT2D eigenvalue weighted by Gasteiger charge is 2.04. The summed E-state index contributed by atoms with van der Waals surface area (Å²) < 4.78 is 4.91. The Morgan fingerprint density at radius 3 is 3.12 bits per heavy atom. The number of thiol groups is 1. The maximum Gasteiger partial charge on any atom is 0.132 e. The molecule has 0 aromatic heterocycles. The first-order chi connectivity index (χ1) is 3.93. The molecule has 0 amide bonds. The lowest BCUT2D eigenvalue weighted by Crippen LogP contribution is -2.11. The van der Waals surface area contributed by atoms with E-state index in [0.29, 0.717) is 6.61 Å². The number of aldehydes is 1. The lowest BCUT2D eigenvalue weighted by Gasteiger charge is -2.08. The maximum atomic E-state index is 10.1. The number of hydrogen-bond donors (Lipinski definition) is 1. The molecule has 0 spiro atoms. The molecule has 0 bridgehead atoms. The molecule has 0 fully saturated rings. The van der Waals surface area contributed by atoms with E-state index in [1.807, 2.05) is 0 Å². The predicted octanol–water partition coefficient (Wildman–Crippen LogP) is 0.199. The second-order valence-electron chi connectivity index (χ2n) is 1.62. The van der Waals surface area contributed by atoms with Gasteiger partial charge in [0.25, 0.3) is 0 Å². The third-order valence-corrected chi connectivity index (χ3v) is 2.05. The van der Waals surface area contributed by atoms with Gasteiger partial charge in [0, 0.05) is 0 Å². The fraction of sp³-hybridized carbons (Fsp3) is 0.600. The quantitative estimate of drug-likeness (QED) is 0.313. The predicted molar refractivity (Wildman–Crippen MR) is 35.5 cm³/mol. The zero-order valence-corrected chi connectivity index (χ0v) is 5.30. The van der Waals surface area contributed by atoms with Crippen LogP contribution in [0.3, 0.4) is 0 Å². The van der Waals surface area contributed by atoms with Gasteiger partial charge < -0.3 is 9.53 Å². The Morgan fingerprint density at radius 2 is 2.75 bits per heavy atom. The van der Waals surface area contributed by atoms with Gasteiger partial charge >= 0.3 is 0 Å². The average Bonchev–Trinajstić information content (AvgIpc) is 1.90. The van der Waals surface area contributed by atoms with E-state index < -0.39 is 0 Å². The summed E-state index contributed by atoms with van der Waals surface area (Å²) in [6.07, 6.45) is 1.86. The van der Waals surface area contributed by atoms with Crippen molar-refractivity contribution in [3.63, 3.8) is 0 Å².